The van der Waals surface area contributed by atoms with E-state index in [0.29, 0.717) is 12.5 Å². The first-order valence-electron chi connectivity index (χ1n) is 4.16. The molecule has 3 heteroatoms. The maximum atomic E-state index is 11.7. The minimum atomic E-state index is -0.233. The quantitative estimate of drug-likeness (QED) is 0.699. The number of hydrogen-bond donors (Lipinski definition) is 1. The van der Waals surface area contributed by atoms with Crippen molar-refractivity contribution in [2.45, 2.75) is 19.4 Å². The van der Waals surface area contributed by atoms with Gasteiger partial charge in [-0.1, -0.05) is 0 Å². The lowest BCUT2D eigenvalue weighted by Gasteiger charge is -2.10. The van der Waals surface area contributed by atoms with E-state index >= 15 is 0 Å². The molecule has 0 saturated heterocycles. The fraction of sp³-hybridized carbons (Fsp3) is 0.556. The summed E-state index contributed by atoms with van der Waals surface area (Å²) in [6, 6.07) is 2.44. The van der Waals surface area contributed by atoms with Crippen molar-refractivity contribution in [3.63, 3.8) is 0 Å². The Morgan fingerprint density at radius 3 is 3.08 bits per heavy atom. The molecule has 68 valence electrons. The first-order chi connectivity index (χ1) is 5.84. The molecule has 1 aromatic rings. The lowest BCUT2D eigenvalue weighted by Crippen LogP contribution is -2.19. The molecule has 0 aliphatic rings. The number of halogens is 1. The van der Waals surface area contributed by atoms with Crippen molar-refractivity contribution in [3.05, 3.63) is 22.4 Å². The van der Waals surface area contributed by atoms with E-state index in [-0.39, 0.29) is 6.67 Å². The van der Waals surface area contributed by atoms with Crippen LogP contribution in [0.3, 0.4) is 0 Å². The Bertz CT molecular complexity index is 198. The summed E-state index contributed by atoms with van der Waals surface area (Å²) in [5.74, 6) is 0. The van der Waals surface area contributed by atoms with Crippen molar-refractivity contribution in [1.82, 2.24) is 5.32 Å². The smallest absolute Gasteiger partial charge is 0.0906 e. The van der Waals surface area contributed by atoms with Crippen LogP contribution >= 0.6 is 11.3 Å². The molecule has 12 heavy (non-hydrogen) atoms. The maximum Gasteiger partial charge on any atom is 0.0906 e. The highest BCUT2D eigenvalue weighted by Gasteiger charge is 2.02. The molecule has 1 aromatic heterocycles. The van der Waals surface area contributed by atoms with Gasteiger partial charge in [-0.25, -0.2) is 0 Å². The molecule has 0 saturated carbocycles. The SMILES string of the molecule is CC(NCCCF)c1ccsc1. The van der Waals surface area contributed by atoms with Gasteiger partial charge in [0.05, 0.1) is 6.67 Å². The van der Waals surface area contributed by atoms with E-state index in [4.69, 9.17) is 0 Å². The molecule has 1 N–H and O–H groups in total. The topological polar surface area (TPSA) is 12.0 Å². The lowest BCUT2D eigenvalue weighted by molar-refractivity contribution is 0.446. The second-order valence-corrected chi connectivity index (χ2v) is 3.56. The van der Waals surface area contributed by atoms with Crippen LogP contribution in [0.2, 0.25) is 0 Å². The summed E-state index contributed by atoms with van der Waals surface area (Å²) in [4.78, 5) is 0. The normalized spacial score (nSPS) is 13.2. The van der Waals surface area contributed by atoms with Gasteiger partial charge in [0.1, 0.15) is 0 Å². The van der Waals surface area contributed by atoms with Crippen LogP contribution in [-0.4, -0.2) is 13.2 Å². The van der Waals surface area contributed by atoms with E-state index in [2.05, 4.69) is 29.1 Å². The zero-order valence-corrected chi connectivity index (χ0v) is 8.03. The molecule has 0 bridgehead atoms. The van der Waals surface area contributed by atoms with Crippen molar-refractivity contribution in [1.29, 1.82) is 0 Å². The van der Waals surface area contributed by atoms with Crippen molar-refractivity contribution in [2.75, 3.05) is 13.2 Å². The van der Waals surface area contributed by atoms with Gasteiger partial charge in [-0.2, -0.15) is 11.3 Å². The van der Waals surface area contributed by atoms with Gasteiger partial charge >= 0.3 is 0 Å². The Morgan fingerprint density at radius 2 is 2.50 bits per heavy atom. The number of thiophene rings is 1. The molecule has 0 radical (unpaired) electrons. The van der Waals surface area contributed by atoms with Crippen molar-refractivity contribution < 1.29 is 4.39 Å². The van der Waals surface area contributed by atoms with E-state index < -0.39 is 0 Å². The Hall–Kier alpha value is -0.410. The summed E-state index contributed by atoms with van der Waals surface area (Å²) in [6.45, 7) is 2.62. The van der Waals surface area contributed by atoms with Crippen LogP contribution in [-0.2, 0) is 0 Å². The highest BCUT2D eigenvalue weighted by molar-refractivity contribution is 7.07. The van der Waals surface area contributed by atoms with E-state index in [0.717, 1.165) is 6.54 Å². The first kappa shape index (κ1) is 9.68. The number of hydrogen-bond acceptors (Lipinski definition) is 2. The molecule has 1 atom stereocenters. The third-order valence-corrected chi connectivity index (χ3v) is 2.51. The molecule has 0 spiro atoms. The number of rotatable bonds is 5. The van der Waals surface area contributed by atoms with E-state index in [1.165, 1.54) is 5.56 Å². The molecule has 0 fully saturated rings. The van der Waals surface area contributed by atoms with Crippen LogP contribution in [0, 0.1) is 0 Å². The van der Waals surface area contributed by atoms with Crippen LogP contribution in [0.1, 0.15) is 24.9 Å². The fourth-order valence-electron chi connectivity index (χ4n) is 1.02. The average Bonchev–Trinajstić information content (AvgIpc) is 2.56. The van der Waals surface area contributed by atoms with Crippen LogP contribution in [0.4, 0.5) is 4.39 Å². The van der Waals surface area contributed by atoms with Crippen LogP contribution in [0.25, 0.3) is 0 Å². The largest absolute Gasteiger partial charge is 0.310 e. The Kier molecular flexibility index (Phi) is 4.25. The van der Waals surface area contributed by atoms with Crippen molar-refractivity contribution >= 4 is 11.3 Å². The summed E-state index contributed by atoms with van der Waals surface area (Å²) in [5, 5.41) is 7.43. The monoisotopic (exact) mass is 187 g/mol. The van der Waals surface area contributed by atoms with Gasteiger partial charge in [0.15, 0.2) is 0 Å². The zero-order valence-electron chi connectivity index (χ0n) is 7.22. The highest BCUT2D eigenvalue weighted by Crippen LogP contribution is 2.14. The first-order valence-corrected chi connectivity index (χ1v) is 5.10. The van der Waals surface area contributed by atoms with E-state index in [1.807, 2.05) is 0 Å². The van der Waals surface area contributed by atoms with Crippen molar-refractivity contribution in [2.24, 2.45) is 0 Å². The number of alkyl halides is 1. The van der Waals surface area contributed by atoms with Gasteiger partial charge < -0.3 is 5.32 Å². The van der Waals surface area contributed by atoms with Crippen molar-refractivity contribution in [3.8, 4) is 0 Å². The van der Waals surface area contributed by atoms with Gasteiger partial charge in [0.2, 0.25) is 0 Å². The lowest BCUT2D eigenvalue weighted by atomic mass is 10.2. The summed E-state index contributed by atoms with van der Waals surface area (Å²) in [7, 11) is 0. The molecule has 0 aromatic carbocycles. The molecule has 0 aliphatic carbocycles. The van der Waals surface area contributed by atoms with Gasteiger partial charge in [0.25, 0.3) is 0 Å². The Balaban J connectivity index is 2.25. The summed E-state index contributed by atoms with van der Waals surface area (Å²) in [6.07, 6.45) is 0.606. The Labute approximate surface area is 76.6 Å². The predicted octanol–water partition coefficient (Wildman–Crippen LogP) is 2.76. The molecule has 0 aliphatic heterocycles. The minimum Gasteiger partial charge on any atom is -0.310 e. The third kappa shape index (κ3) is 2.91. The van der Waals surface area contributed by atoms with Gasteiger partial charge in [-0.05, 0) is 42.3 Å². The van der Waals surface area contributed by atoms with Gasteiger partial charge in [-0.3, -0.25) is 4.39 Å². The highest BCUT2D eigenvalue weighted by atomic mass is 32.1. The molecule has 1 nitrogen and oxygen atoms in total. The molecule has 1 rings (SSSR count). The van der Waals surface area contributed by atoms with Crippen LogP contribution in [0.5, 0.6) is 0 Å². The summed E-state index contributed by atoms with van der Waals surface area (Å²) in [5.41, 5.74) is 1.29. The molecule has 1 unspecified atom stereocenters. The van der Waals surface area contributed by atoms with Gasteiger partial charge in [0, 0.05) is 6.04 Å². The standard InChI is InChI=1S/C9H14FNS/c1-8(11-5-2-4-10)9-3-6-12-7-9/h3,6-8,11H,2,4-5H2,1H3. The minimum absolute atomic E-state index is 0.233. The second-order valence-electron chi connectivity index (χ2n) is 2.78. The molecule has 0 amide bonds. The number of nitrogens with one attached hydrogen (secondary N) is 1. The zero-order chi connectivity index (χ0) is 8.81. The van der Waals surface area contributed by atoms with Gasteiger partial charge in [-0.15, -0.1) is 0 Å². The molecular formula is C9H14FNS. The Morgan fingerprint density at radius 1 is 1.67 bits per heavy atom. The fourth-order valence-corrected chi connectivity index (χ4v) is 1.78. The van der Waals surface area contributed by atoms with Crippen LogP contribution in [0.15, 0.2) is 16.8 Å². The molecular weight excluding hydrogens is 173 g/mol. The van der Waals surface area contributed by atoms with E-state index in [9.17, 15) is 4.39 Å². The second kappa shape index (κ2) is 5.27. The van der Waals surface area contributed by atoms with E-state index in [1.54, 1.807) is 11.3 Å². The molecule has 1 heterocycles. The third-order valence-electron chi connectivity index (χ3n) is 1.80. The average molecular weight is 187 g/mol. The summed E-state index contributed by atoms with van der Waals surface area (Å²) < 4.78 is 11.7. The predicted molar refractivity (Wildman–Crippen MR) is 51.3 cm³/mol. The maximum absolute atomic E-state index is 11.7. The summed E-state index contributed by atoms with van der Waals surface area (Å²) >= 11 is 1.69. The van der Waals surface area contributed by atoms with Crippen LogP contribution < -0.4 is 5.32 Å².